The summed E-state index contributed by atoms with van der Waals surface area (Å²) in [5.74, 6) is -0.276. The van der Waals surface area contributed by atoms with Gasteiger partial charge in [0.25, 0.3) is 5.24 Å². The standard InChI is InChI=1S/C14H8Cl2O2/c15-10-5-3-4-9(8-10)13(17)11-6-1-2-7-12(11)14(16)18/h1-8H. The Labute approximate surface area is 114 Å². The van der Waals surface area contributed by atoms with Crippen molar-refractivity contribution < 1.29 is 9.59 Å². The highest BCUT2D eigenvalue weighted by Crippen LogP contribution is 2.18. The molecule has 0 fully saturated rings. The van der Waals surface area contributed by atoms with Crippen molar-refractivity contribution in [3.63, 3.8) is 0 Å². The van der Waals surface area contributed by atoms with Crippen LogP contribution in [0.2, 0.25) is 5.02 Å². The lowest BCUT2D eigenvalue weighted by molar-refractivity contribution is 0.102. The summed E-state index contributed by atoms with van der Waals surface area (Å²) in [7, 11) is 0. The minimum atomic E-state index is -0.652. The Morgan fingerprint density at radius 3 is 2.17 bits per heavy atom. The lowest BCUT2D eigenvalue weighted by Crippen LogP contribution is -2.07. The molecule has 0 amide bonds. The van der Waals surface area contributed by atoms with Crippen molar-refractivity contribution >= 4 is 34.2 Å². The normalized spacial score (nSPS) is 10.1. The maximum absolute atomic E-state index is 12.3. The number of hydrogen-bond acceptors (Lipinski definition) is 2. The van der Waals surface area contributed by atoms with Crippen LogP contribution in [0, 0.1) is 0 Å². The first-order valence-electron chi connectivity index (χ1n) is 5.18. The molecule has 0 aliphatic carbocycles. The van der Waals surface area contributed by atoms with Crippen molar-refractivity contribution in [1.82, 2.24) is 0 Å². The van der Waals surface area contributed by atoms with E-state index in [0.29, 0.717) is 10.6 Å². The SMILES string of the molecule is O=C(Cl)c1ccccc1C(=O)c1cccc(Cl)c1. The number of hydrogen-bond donors (Lipinski definition) is 0. The Morgan fingerprint density at radius 1 is 0.889 bits per heavy atom. The van der Waals surface area contributed by atoms with Crippen LogP contribution in [0.1, 0.15) is 26.3 Å². The summed E-state index contributed by atoms with van der Waals surface area (Å²) in [5, 5.41) is -0.184. The molecule has 0 saturated carbocycles. The van der Waals surface area contributed by atoms with E-state index in [9.17, 15) is 9.59 Å². The van der Waals surface area contributed by atoms with E-state index in [2.05, 4.69) is 0 Å². The predicted octanol–water partition coefficient (Wildman–Crippen LogP) is 3.95. The first-order valence-corrected chi connectivity index (χ1v) is 5.94. The van der Waals surface area contributed by atoms with Gasteiger partial charge in [-0.1, -0.05) is 41.9 Å². The number of ketones is 1. The Kier molecular flexibility index (Phi) is 3.80. The van der Waals surface area contributed by atoms with Crippen LogP contribution in [0.25, 0.3) is 0 Å². The molecule has 2 rings (SSSR count). The fraction of sp³-hybridized carbons (Fsp3) is 0. The van der Waals surface area contributed by atoms with Gasteiger partial charge in [0.1, 0.15) is 0 Å². The predicted molar refractivity (Wildman–Crippen MR) is 71.5 cm³/mol. The molecule has 2 aromatic rings. The molecule has 90 valence electrons. The van der Waals surface area contributed by atoms with Crippen LogP contribution in [-0.4, -0.2) is 11.0 Å². The number of halogens is 2. The maximum Gasteiger partial charge on any atom is 0.253 e. The number of carbonyl (C=O) groups excluding carboxylic acids is 2. The molecule has 18 heavy (non-hydrogen) atoms. The average Bonchev–Trinajstić information content (AvgIpc) is 2.38. The van der Waals surface area contributed by atoms with Crippen molar-refractivity contribution in [3.8, 4) is 0 Å². The Morgan fingerprint density at radius 2 is 1.56 bits per heavy atom. The van der Waals surface area contributed by atoms with E-state index in [1.807, 2.05) is 0 Å². The molecule has 0 unspecified atom stereocenters. The maximum atomic E-state index is 12.3. The average molecular weight is 279 g/mol. The van der Waals surface area contributed by atoms with Gasteiger partial charge in [-0.2, -0.15) is 0 Å². The lowest BCUT2D eigenvalue weighted by Gasteiger charge is -2.05. The molecule has 0 spiro atoms. The number of rotatable bonds is 3. The third-order valence-electron chi connectivity index (χ3n) is 2.47. The molecule has 2 aromatic carbocycles. The summed E-state index contributed by atoms with van der Waals surface area (Å²) in [6.07, 6.45) is 0. The molecular formula is C14H8Cl2O2. The first-order chi connectivity index (χ1) is 8.59. The van der Waals surface area contributed by atoms with Crippen LogP contribution in [0.5, 0.6) is 0 Å². The Balaban J connectivity index is 2.50. The topological polar surface area (TPSA) is 34.1 Å². The summed E-state index contributed by atoms with van der Waals surface area (Å²) in [6.45, 7) is 0. The van der Waals surface area contributed by atoms with Gasteiger partial charge in [0.05, 0.1) is 0 Å². The van der Waals surface area contributed by atoms with Gasteiger partial charge < -0.3 is 0 Å². The largest absolute Gasteiger partial charge is 0.289 e. The molecule has 0 aliphatic rings. The van der Waals surface area contributed by atoms with Gasteiger partial charge in [-0.05, 0) is 29.8 Å². The van der Waals surface area contributed by atoms with Crippen molar-refractivity contribution in [1.29, 1.82) is 0 Å². The zero-order chi connectivity index (χ0) is 13.1. The van der Waals surface area contributed by atoms with Crippen molar-refractivity contribution in [2.45, 2.75) is 0 Å². The third-order valence-corrected chi connectivity index (χ3v) is 2.91. The second-order valence-electron chi connectivity index (χ2n) is 3.66. The van der Waals surface area contributed by atoms with E-state index in [-0.39, 0.29) is 16.9 Å². The molecule has 0 N–H and O–H groups in total. The second kappa shape index (κ2) is 5.34. The molecule has 0 atom stereocenters. The highest BCUT2D eigenvalue weighted by molar-refractivity contribution is 6.68. The number of carbonyl (C=O) groups is 2. The van der Waals surface area contributed by atoms with Crippen molar-refractivity contribution in [2.24, 2.45) is 0 Å². The number of benzene rings is 2. The summed E-state index contributed by atoms with van der Waals surface area (Å²) in [6, 6.07) is 13.0. The van der Waals surface area contributed by atoms with Crippen LogP contribution in [0.3, 0.4) is 0 Å². The molecule has 2 nitrogen and oxygen atoms in total. The van der Waals surface area contributed by atoms with Crippen LogP contribution >= 0.6 is 23.2 Å². The van der Waals surface area contributed by atoms with E-state index in [0.717, 1.165) is 0 Å². The molecular weight excluding hydrogens is 271 g/mol. The van der Waals surface area contributed by atoms with E-state index >= 15 is 0 Å². The van der Waals surface area contributed by atoms with Gasteiger partial charge in [-0.15, -0.1) is 0 Å². The highest BCUT2D eigenvalue weighted by Gasteiger charge is 2.16. The quantitative estimate of drug-likeness (QED) is 0.629. The van der Waals surface area contributed by atoms with Crippen LogP contribution < -0.4 is 0 Å². The fourth-order valence-electron chi connectivity index (χ4n) is 1.64. The smallest absolute Gasteiger partial charge is 0.253 e. The van der Waals surface area contributed by atoms with Crippen molar-refractivity contribution in [2.75, 3.05) is 0 Å². The van der Waals surface area contributed by atoms with Gasteiger partial charge in [0.15, 0.2) is 5.78 Å². The van der Waals surface area contributed by atoms with E-state index < -0.39 is 5.24 Å². The highest BCUT2D eigenvalue weighted by atomic mass is 35.5. The minimum absolute atomic E-state index is 0.198. The molecule has 0 saturated heterocycles. The first kappa shape index (κ1) is 12.8. The lowest BCUT2D eigenvalue weighted by atomic mass is 9.99. The zero-order valence-corrected chi connectivity index (χ0v) is 10.7. The summed E-state index contributed by atoms with van der Waals surface area (Å²) in [5.41, 5.74) is 0.900. The molecule has 0 bridgehead atoms. The van der Waals surface area contributed by atoms with Gasteiger partial charge >= 0.3 is 0 Å². The van der Waals surface area contributed by atoms with Crippen molar-refractivity contribution in [3.05, 3.63) is 70.2 Å². The second-order valence-corrected chi connectivity index (χ2v) is 4.44. The summed E-state index contributed by atoms with van der Waals surface area (Å²) >= 11 is 11.3. The van der Waals surface area contributed by atoms with Gasteiger partial charge in [0.2, 0.25) is 0 Å². The molecule has 0 heterocycles. The Bertz CT molecular complexity index is 621. The monoisotopic (exact) mass is 278 g/mol. The minimum Gasteiger partial charge on any atom is -0.289 e. The summed E-state index contributed by atoms with van der Waals surface area (Å²) in [4.78, 5) is 23.5. The van der Waals surface area contributed by atoms with E-state index in [1.54, 1.807) is 42.5 Å². The zero-order valence-electron chi connectivity index (χ0n) is 9.19. The Hall–Kier alpha value is -1.64. The molecule has 4 heteroatoms. The van der Waals surface area contributed by atoms with Crippen LogP contribution in [0.15, 0.2) is 48.5 Å². The fourth-order valence-corrected chi connectivity index (χ4v) is 1.99. The van der Waals surface area contributed by atoms with Gasteiger partial charge in [-0.3, -0.25) is 9.59 Å². The molecule has 0 aromatic heterocycles. The summed E-state index contributed by atoms with van der Waals surface area (Å²) < 4.78 is 0. The van der Waals surface area contributed by atoms with Crippen LogP contribution in [-0.2, 0) is 0 Å². The third kappa shape index (κ3) is 2.61. The molecule has 0 aliphatic heterocycles. The van der Waals surface area contributed by atoms with Gasteiger partial charge in [0, 0.05) is 21.7 Å². The molecule has 0 radical (unpaired) electrons. The van der Waals surface area contributed by atoms with E-state index in [4.69, 9.17) is 23.2 Å². The van der Waals surface area contributed by atoms with Crippen LogP contribution in [0.4, 0.5) is 0 Å². The van der Waals surface area contributed by atoms with E-state index in [1.165, 1.54) is 6.07 Å². The van der Waals surface area contributed by atoms with Gasteiger partial charge in [-0.25, -0.2) is 0 Å².